The Labute approximate surface area is 189 Å². The topological polar surface area (TPSA) is 119 Å². The number of aromatic amines is 1. The van der Waals surface area contributed by atoms with E-state index in [1.165, 1.54) is 0 Å². The van der Waals surface area contributed by atoms with Crippen molar-refractivity contribution < 1.29 is 9.21 Å². The first-order valence-corrected chi connectivity index (χ1v) is 11.0. The summed E-state index contributed by atoms with van der Waals surface area (Å²) < 4.78 is 8.15. The first kappa shape index (κ1) is 19.5. The summed E-state index contributed by atoms with van der Waals surface area (Å²) in [6.07, 6.45) is 9.25. The molecule has 0 radical (unpaired) electrons. The second-order valence-corrected chi connectivity index (χ2v) is 8.53. The molecule has 1 aromatic carbocycles. The van der Waals surface area contributed by atoms with Crippen LogP contribution in [0.2, 0.25) is 0 Å². The van der Waals surface area contributed by atoms with E-state index in [-0.39, 0.29) is 11.9 Å². The van der Waals surface area contributed by atoms with Crippen LogP contribution >= 0.6 is 0 Å². The van der Waals surface area contributed by atoms with Gasteiger partial charge in [0.15, 0.2) is 11.4 Å². The summed E-state index contributed by atoms with van der Waals surface area (Å²) >= 11 is 0. The zero-order valence-electron chi connectivity index (χ0n) is 18.2. The number of hydrogen-bond donors (Lipinski definition) is 2. The van der Waals surface area contributed by atoms with Crippen molar-refractivity contribution in [2.75, 3.05) is 18.8 Å². The van der Waals surface area contributed by atoms with Gasteiger partial charge in [-0.1, -0.05) is 12.1 Å². The van der Waals surface area contributed by atoms with E-state index >= 15 is 0 Å². The lowest BCUT2D eigenvalue weighted by atomic mass is 10.0. The number of benzene rings is 1. The Morgan fingerprint density at radius 1 is 1.15 bits per heavy atom. The second-order valence-electron chi connectivity index (χ2n) is 8.53. The Morgan fingerprint density at radius 3 is 2.82 bits per heavy atom. The number of nitrogens with two attached hydrogens (primary N) is 1. The number of anilines is 1. The van der Waals surface area contributed by atoms with Gasteiger partial charge in [-0.25, -0.2) is 4.98 Å². The lowest BCUT2D eigenvalue weighted by Crippen LogP contribution is -2.37. The van der Waals surface area contributed by atoms with Crippen molar-refractivity contribution in [3.05, 3.63) is 49.1 Å². The highest BCUT2D eigenvalue weighted by Gasteiger charge is 2.23. The summed E-state index contributed by atoms with van der Waals surface area (Å²) in [5.41, 5.74) is 10.5. The standard InChI is InChI=1S/C24H23N7O2/c1-14(32)30-6-4-18(5-7-30)31-13-17(11-28-31)20-12-26-24(25)23-19(20)9-22(33-23)15-2-3-16-10-27-29-21(16)8-15/h2-3,8-13,18H,4-7H2,1H3,(H2,25,26)(H,27,29). The number of fused-ring (bicyclic) bond motifs is 2. The Bertz CT molecular complexity index is 1490. The highest BCUT2D eigenvalue weighted by atomic mass is 16.3. The van der Waals surface area contributed by atoms with Crippen LogP contribution in [0.1, 0.15) is 25.8 Å². The molecule has 5 aromatic rings. The Balaban J connectivity index is 1.35. The highest BCUT2D eigenvalue weighted by molar-refractivity contribution is 6.00. The predicted octanol–water partition coefficient (Wildman–Crippen LogP) is 4.00. The third-order valence-corrected chi connectivity index (χ3v) is 6.51. The maximum absolute atomic E-state index is 11.6. The molecule has 33 heavy (non-hydrogen) atoms. The average molecular weight is 441 g/mol. The number of rotatable bonds is 3. The van der Waals surface area contributed by atoms with Crippen molar-refractivity contribution in [3.8, 4) is 22.5 Å². The largest absolute Gasteiger partial charge is 0.452 e. The molecule has 0 bridgehead atoms. The van der Waals surface area contributed by atoms with Gasteiger partial charge in [-0.15, -0.1) is 0 Å². The Kier molecular flexibility index (Phi) is 4.42. The zero-order chi connectivity index (χ0) is 22.5. The van der Waals surface area contributed by atoms with E-state index in [9.17, 15) is 4.79 Å². The van der Waals surface area contributed by atoms with Gasteiger partial charge in [0.1, 0.15) is 5.76 Å². The smallest absolute Gasteiger partial charge is 0.219 e. The van der Waals surface area contributed by atoms with E-state index in [4.69, 9.17) is 10.2 Å². The summed E-state index contributed by atoms with van der Waals surface area (Å²) in [5.74, 6) is 1.20. The van der Waals surface area contributed by atoms with Gasteiger partial charge in [0.05, 0.1) is 24.0 Å². The van der Waals surface area contributed by atoms with Crippen LogP contribution in [0.25, 0.3) is 44.3 Å². The maximum atomic E-state index is 11.6. The first-order chi connectivity index (χ1) is 16.1. The summed E-state index contributed by atoms with van der Waals surface area (Å²) in [7, 11) is 0. The Hall–Kier alpha value is -4.14. The van der Waals surface area contributed by atoms with Gasteiger partial charge in [-0.2, -0.15) is 10.2 Å². The number of nitrogens with zero attached hydrogens (tertiary/aromatic N) is 5. The number of carbonyl (C=O) groups excluding carboxylic acids is 1. The fourth-order valence-electron chi connectivity index (χ4n) is 4.63. The van der Waals surface area contributed by atoms with Gasteiger partial charge in [-0.05, 0) is 25.0 Å². The van der Waals surface area contributed by atoms with Gasteiger partial charge in [0.25, 0.3) is 0 Å². The average Bonchev–Trinajstić information content (AvgIpc) is 3.58. The number of H-pyrrole nitrogens is 1. The van der Waals surface area contributed by atoms with Crippen molar-refractivity contribution in [1.29, 1.82) is 0 Å². The molecule has 0 unspecified atom stereocenters. The molecule has 0 aliphatic carbocycles. The molecule has 0 spiro atoms. The minimum Gasteiger partial charge on any atom is -0.452 e. The van der Waals surface area contributed by atoms with Gasteiger partial charge < -0.3 is 15.1 Å². The van der Waals surface area contributed by atoms with Crippen LogP contribution in [0.15, 0.2) is 53.5 Å². The molecule has 0 atom stereocenters. The number of nitrogen functional groups attached to an aromatic ring is 1. The summed E-state index contributed by atoms with van der Waals surface area (Å²) in [4.78, 5) is 17.9. The molecule has 5 heterocycles. The van der Waals surface area contributed by atoms with Crippen LogP contribution in [0, 0.1) is 0 Å². The van der Waals surface area contributed by atoms with Crippen molar-refractivity contribution in [2.45, 2.75) is 25.8 Å². The van der Waals surface area contributed by atoms with Crippen molar-refractivity contribution >= 4 is 33.6 Å². The van der Waals surface area contributed by atoms with Gasteiger partial charge >= 0.3 is 0 Å². The number of pyridine rings is 1. The quantitative estimate of drug-likeness (QED) is 0.437. The molecule has 3 N–H and O–H groups in total. The maximum Gasteiger partial charge on any atom is 0.219 e. The van der Waals surface area contributed by atoms with E-state index in [1.807, 2.05) is 46.2 Å². The molecule has 1 aliphatic heterocycles. The fraction of sp³-hybridized carbons (Fsp3) is 0.250. The molecule has 9 heteroatoms. The highest BCUT2D eigenvalue weighted by Crippen LogP contribution is 2.37. The molecule has 0 saturated carbocycles. The van der Waals surface area contributed by atoms with E-state index in [0.29, 0.717) is 17.2 Å². The van der Waals surface area contributed by atoms with Crippen molar-refractivity contribution in [3.63, 3.8) is 0 Å². The summed E-state index contributed by atoms with van der Waals surface area (Å²) in [5, 5.41) is 13.6. The molecule has 1 saturated heterocycles. The minimum absolute atomic E-state index is 0.132. The van der Waals surface area contributed by atoms with E-state index < -0.39 is 0 Å². The van der Waals surface area contributed by atoms with E-state index in [1.54, 1.807) is 19.3 Å². The number of nitrogens with one attached hydrogen (secondary N) is 1. The monoisotopic (exact) mass is 441 g/mol. The van der Waals surface area contributed by atoms with Crippen LogP contribution in [0.5, 0.6) is 0 Å². The summed E-state index contributed by atoms with van der Waals surface area (Å²) in [6, 6.07) is 8.29. The number of aromatic nitrogens is 5. The molecular weight excluding hydrogens is 418 g/mol. The third kappa shape index (κ3) is 3.32. The van der Waals surface area contributed by atoms with Gasteiger partial charge in [0.2, 0.25) is 5.91 Å². The van der Waals surface area contributed by atoms with Crippen molar-refractivity contribution in [2.24, 2.45) is 0 Å². The van der Waals surface area contributed by atoms with Crippen LogP contribution in [-0.4, -0.2) is 48.9 Å². The van der Waals surface area contributed by atoms with Gasteiger partial charge in [-0.3, -0.25) is 14.6 Å². The Morgan fingerprint density at radius 2 is 2.00 bits per heavy atom. The summed E-state index contributed by atoms with van der Waals surface area (Å²) in [6.45, 7) is 3.14. The molecule has 1 aliphatic rings. The number of hydrogen-bond acceptors (Lipinski definition) is 6. The number of carbonyl (C=O) groups is 1. The predicted molar refractivity (Wildman–Crippen MR) is 125 cm³/mol. The van der Waals surface area contributed by atoms with Crippen LogP contribution < -0.4 is 5.73 Å². The lowest BCUT2D eigenvalue weighted by molar-refractivity contribution is -0.130. The molecule has 6 rings (SSSR count). The fourth-order valence-corrected chi connectivity index (χ4v) is 4.63. The normalized spacial score (nSPS) is 15.0. The third-order valence-electron chi connectivity index (χ3n) is 6.51. The minimum atomic E-state index is 0.132. The molecule has 4 aromatic heterocycles. The van der Waals surface area contributed by atoms with E-state index in [2.05, 4.69) is 20.3 Å². The van der Waals surface area contributed by atoms with Crippen LogP contribution in [0.3, 0.4) is 0 Å². The number of likely N-dealkylation sites (tertiary alicyclic amines) is 1. The molecule has 1 amide bonds. The SMILES string of the molecule is CC(=O)N1CCC(n2cc(-c3cnc(N)c4oc(-c5ccc6cn[nH]c6c5)cc34)cn2)CC1. The molecular formula is C24H23N7O2. The number of piperidine rings is 1. The zero-order valence-corrected chi connectivity index (χ0v) is 18.2. The van der Waals surface area contributed by atoms with Crippen molar-refractivity contribution in [1.82, 2.24) is 29.9 Å². The van der Waals surface area contributed by atoms with Crippen LogP contribution in [-0.2, 0) is 4.79 Å². The lowest BCUT2D eigenvalue weighted by Gasteiger charge is -2.31. The first-order valence-electron chi connectivity index (χ1n) is 11.0. The molecule has 9 nitrogen and oxygen atoms in total. The van der Waals surface area contributed by atoms with Crippen LogP contribution in [0.4, 0.5) is 5.82 Å². The van der Waals surface area contributed by atoms with Gasteiger partial charge in [0, 0.05) is 59.9 Å². The molecule has 1 fully saturated rings. The number of furan rings is 1. The second kappa shape index (κ2) is 7.47. The van der Waals surface area contributed by atoms with E-state index in [0.717, 1.165) is 58.9 Å². The number of amides is 1. The molecule has 166 valence electrons.